The summed E-state index contributed by atoms with van der Waals surface area (Å²) >= 11 is 0. The molecule has 2 aromatic rings. The molecular weight excluding hydrogens is 446 g/mol. The van der Waals surface area contributed by atoms with E-state index in [1.807, 2.05) is 30.3 Å². The second-order valence-corrected chi connectivity index (χ2v) is 9.63. The van der Waals surface area contributed by atoms with Crippen LogP contribution in [0.15, 0.2) is 54.6 Å². The number of benzene rings is 2. The molecule has 184 valence electrons. The Bertz CT molecular complexity index is 1080. The van der Waals surface area contributed by atoms with Crippen LogP contribution in [0.1, 0.15) is 26.2 Å². The number of ether oxygens (including phenoxy) is 1. The van der Waals surface area contributed by atoms with Crippen LogP contribution in [0.5, 0.6) is 11.5 Å². The van der Waals surface area contributed by atoms with E-state index in [-0.39, 0.29) is 30.4 Å². The molecule has 3 amide bonds. The molecule has 0 aliphatic carbocycles. The summed E-state index contributed by atoms with van der Waals surface area (Å²) in [5.41, 5.74) is 0.572. The molecule has 5 unspecified atom stereocenters. The highest BCUT2D eigenvalue weighted by molar-refractivity contribution is 6.00. The number of para-hydroxylation sites is 1. The van der Waals surface area contributed by atoms with Crippen LogP contribution < -0.4 is 26.0 Å². The van der Waals surface area contributed by atoms with Gasteiger partial charge in [0.1, 0.15) is 17.8 Å². The van der Waals surface area contributed by atoms with Gasteiger partial charge in [-0.05, 0) is 55.2 Å². The van der Waals surface area contributed by atoms with Crippen LogP contribution >= 0.6 is 0 Å². The van der Waals surface area contributed by atoms with Crippen molar-refractivity contribution in [1.29, 1.82) is 0 Å². The Labute approximate surface area is 204 Å². The number of hydrogen-bond donors (Lipinski definition) is 4. The predicted octanol–water partition coefficient (Wildman–Crippen LogP) is 2.23. The summed E-state index contributed by atoms with van der Waals surface area (Å²) in [6.07, 6.45) is 1.25. The van der Waals surface area contributed by atoms with Gasteiger partial charge in [-0.3, -0.25) is 24.6 Å². The largest absolute Gasteiger partial charge is 0.457 e. The minimum Gasteiger partial charge on any atom is -0.457 e. The van der Waals surface area contributed by atoms with E-state index >= 15 is 0 Å². The first-order chi connectivity index (χ1) is 17.0. The molecule has 9 nitrogen and oxygen atoms in total. The average molecular weight is 478 g/mol. The number of nitrogens with zero attached hydrogens (tertiary/aromatic N) is 1. The van der Waals surface area contributed by atoms with Crippen LogP contribution in [-0.2, 0) is 14.4 Å². The van der Waals surface area contributed by atoms with E-state index in [1.165, 1.54) is 6.42 Å². The average Bonchev–Trinajstić information content (AvgIpc) is 2.85. The molecule has 0 saturated carbocycles. The minimum absolute atomic E-state index is 0.0390. The number of nitrogens with one attached hydrogen (secondary N) is 4. The van der Waals surface area contributed by atoms with E-state index in [0.29, 0.717) is 17.4 Å². The molecule has 5 atom stereocenters. The van der Waals surface area contributed by atoms with E-state index in [4.69, 9.17) is 4.74 Å². The van der Waals surface area contributed by atoms with Gasteiger partial charge in [-0.2, -0.15) is 0 Å². The molecule has 0 bridgehead atoms. The highest BCUT2D eigenvalue weighted by Crippen LogP contribution is 2.30. The zero-order valence-electron chi connectivity index (χ0n) is 19.7. The van der Waals surface area contributed by atoms with E-state index in [9.17, 15) is 14.4 Å². The zero-order chi connectivity index (χ0) is 24.4. The van der Waals surface area contributed by atoms with Crippen molar-refractivity contribution >= 4 is 23.4 Å². The van der Waals surface area contributed by atoms with Gasteiger partial charge in [-0.25, -0.2) is 0 Å². The first-order valence-corrected chi connectivity index (χ1v) is 12.2. The highest BCUT2D eigenvalue weighted by atomic mass is 16.5. The summed E-state index contributed by atoms with van der Waals surface area (Å²) in [6, 6.07) is 16.4. The number of likely N-dealkylation sites (tertiary alicyclic amines) is 1. The molecular formula is C26H31N5O4. The summed E-state index contributed by atoms with van der Waals surface area (Å²) < 4.78 is 5.79. The van der Waals surface area contributed by atoms with Gasteiger partial charge in [-0.15, -0.1) is 0 Å². The Balaban J connectivity index is 1.24. The quantitative estimate of drug-likeness (QED) is 0.526. The van der Waals surface area contributed by atoms with Gasteiger partial charge < -0.3 is 20.7 Å². The van der Waals surface area contributed by atoms with Crippen molar-refractivity contribution in [2.75, 3.05) is 18.4 Å². The van der Waals surface area contributed by atoms with Gasteiger partial charge in [-0.1, -0.05) is 25.1 Å². The summed E-state index contributed by atoms with van der Waals surface area (Å²) in [5.74, 6) is -0.376. The second-order valence-electron chi connectivity index (χ2n) is 9.63. The number of amides is 3. The Morgan fingerprint density at radius 1 is 1.03 bits per heavy atom. The molecule has 0 radical (unpaired) electrons. The number of anilines is 1. The van der Waals surface area contributed by atoms with Crippen molar-refractivity contribution in [2.45, 2.75) is 38.6 Å². The lowest BCUT2D eigenvalue weighted by Gasteiger charge is -2.47. The molecule has 35 heavy (non-hydrogen) atoms. The Morgan fingerprint density at radius 2 is 1.77 bits per heavy atom. The Kier molecular flexibility index (Phi) is 6.70. The monoisotopic (exact) mass is 477 g/mol. The van der Waals surface area contributed by atoms with Crippen LogP contribution in [0.4, 0.5) is 5.69 Å². The van der Waals surface area contributed by atoms with Crippen LogP contribution in [-0.4, -0.2) is 48.2 Å². The number of hydrogen-bond acceptors (Lipinski definition) is 6. The Morgan fingerprint density at radius 3 is 2.51 bits per heavy atom. The second kappa shape index (κ2) is 10.1. The number of fused-ring (bicyclic) bond motifs is 1. The SMILES string of the molecule is CC1CCCN(C2NC(=O)C3C(NC(=O)CC3C(=O)Nc3ccc(Oc4ccccc4)cc3)N2)C1. The third kappa shape index (κ3) is 5.31. The predicted molar refractivity (Wildman–Crippen MR) is 130 cm³/mol. The molecule has 2 aromatic carbocycles. The summed E-state index contributed by atoms with van der Waals surface area (Å²) in [4.78, 5) is 40.9. The smallest absolute Gasteiger partial charge is 0.229 e. The van der Waals surface area contributed by atoms with Crippen molar-refractivity contribution in [3.05, 3.63) is 54.6 Å². The van der Waals surface area contributed by atoms with E-state index in [0.717, 1.165) is 25.3 Å². The summed E-state index contributed by atoms with van der Waals surface area (Å²) in [5, 5.41) is 12.1. The third-order valence-corrected chi connectivity index (χ3v) is 6.92. The molecule has 3 heterocycles. The van der Waals surface area contributed by atoms with E-state index in [1.54, 1.807) is 24.3 Å². The van der Waals surface area contributed by atoms with Crippen molar-refractivity contribution in [3.63, 3.8) is 0 Å². The van der Waals surface area contributed by atoms with Crippen molar-refractivity contribution in [3.8, 4) is 11.5 Å². The molecule has 0 spiro atoms. The van der Waals surface area contributed by atoms with Gasteiger partial charge in [0.25, 0.3) is 0 Å². The molecule has 5 rings (SSSR count). The lowest BCUT2D eigenvalue weighted by atomic mass is 9.81. The molecule has 3 aliphatic rings. The highest BCUT2D eigenvalue weighted by Gasteiger charge is 2.49. The van der Waals surface area contributed by atoms with Crippen LogP contribution in [0.25, 0.3) is 0 Å². The molecule has 3 fully saturated rings. The standard InChI is InChI=1S/C26H31N5O4/c1-16-6-5-13-31(15-16)26-29-23-22(25(34)30-26)20(14-21(32)28-23)24(33)27-17-9-11-19(12-10-17)35-18-7-3-2-4-8-18/h2-4,7-12,16,20,22-23,26,29H,5-6,13-15H2,1H3,(H,27,33)(H,28,32)(H,30,34). The fourth-order valence-electron chi connectivity index (χ4n) is 5.18. The van der Waals surface area contributed by atoms with Crippen molar-refractivity contribution in [2.24, 2.45) is 17.8 Å². The fourth-order valence-corrected chi connectivity index (χ4v) is 5.18. The fraction of sp³-hybridized carbons (Fsp3) is 0.423. The molecule has 9 heteroatoms. The molecule has 0 aromatic heterocycles. The minimum atomic E-state index is -0.775. The summed E-state index contributed by atoms with van der Waals surface area (Å²) in [7, 11) is 0. The van der Waals surface area contributed by atoms with Gasteiger partial charge >= 0.3 is 0 Å². The van der Waals surface area contributed by atoms with Crippen LogP contribution in [0.3, 0.4) is 0 Å². The maximum atomic E-state index is 13.2. The molecule has 3 aliphatic heterocycles. The van der Waals surface area contributed by atoms with E-state index in [2.05, 4.69) is 33.1 Å². The lowest BCUT2D eigenvalue weighted by Crippen LogP contribution is -2.74. The van der Waals surface area contributed by atoms with Gasteiger partial charge in [0.05, 0.1) is 18.0 Å². The van der Waals surface area contributed by atoms with Gasteiger partial charge in [0.15, 0.2) is 0 Å². The summed E-state index contributed by atoms with van der Waals surface area (Å²) in [6.45, 7) is 3.95. The zero-order valence-corrected chi connectivity index (χ0v) is 19.7. The maximum absolute atomic E-state index is 13.2. The van der Waals surface area contributed by atoms with Gasteiger partial charge in [0, 0.05) is 25.2 Å². The first-order valence-electron chi connectivity index (χ1n) is 12.2. The topological polar surface area (TPSA) is 112 Å². The first kappa shape index (κ1) is 23.3. The van der Waals surface area contributed by atoms with E-state index < -0.39 is 18.0 Å². The molecule has 4 N–H and O–H groups in total. The number of rotatable bonds is 5. The molecule has 3 saturated heterocycles. The Hall–Kier alpha value is -3.43. The van der Waals surface area contributed by atoms with Crippen molar-refractivity contribution < 1.29 is 19.1 Å². The van der Waals surface area contributed by atoms with Crippen LogP contribution in [0, 0.1) is 17.8 Å². The van der Waals surface area contributed by atoms with Gasteiger partial charge in [0.2, 0.25) is 17.7 Å². The third-order valence-electron chi connectivity index (χ3n) is 6.92. The lowest BCUT2D eigenvalue weighted by molar-refractivity contribution is -0.148. The normalized spacial score (nSPS) is 28.9. The number of piperidine rings is 2. The number of carbonyl (C=O) groups excluding carboxylic acids is 3. The maximum Gasteiger partial charge on any atom is 0.229 e. The van der Waals surface area contributed by atoms with Crippen LogP contribution in [0.2, 0.25) is 0 Å². The number of carbonyl (C=O) groups is 3. The van der Waals surface area contributed by atoms with Crippen molar-refractivity contribution in [1.82, 2.24) is 20.9 Å².